The Morgan fingerprint density at radius 3 is 2.35 bits per heavy atom. The summed E-state index contributed by atoms with van der Waals surface area (Å²) in [7, 11) is 0. The molecule has 3 aromatic rings. The van der Waals surface area contributed by atoms with E-state index in [0.717, 1.165) is 42.9 Å². The van der Waals surface area contributed by atoms with Gasteiger partial charge in [0.05, 0.1) is 11.4 Å². The number of imidazole rings is 1. The van der Waals surface area contributed by atoms with Crippen molar-refractivity contribution in [3.63, 3.8) is 0 Å². The van der Waals surface area contributed by atoms with E-state index in [1.807, 2.05) is 34.1 Å². The zero-order valence-corrected chi connectivity index (χ0v) is 17.6. The summed E-state index contributed by atoms with van der Waals surface area (Å²) in [6.07, 6.45) is 4.25. The smallest absolute Gasteiger partial charge is 0.274 e. The van der Waals surface area contributed by atoms with E-state index < -0.39 is 0 Å². The molecule has 0 N–H and O–H groups in total. The Bertz CT molecular complexity index is 1070. The van der Waals surface area contributed by atoms with Crippen LogP contribution in [0.15, 0.2) is 54.6 Å². The summed E-state index contributed by atoms with van der Waals surface area (Å²) >= 11 is 0. The molecule has 31 heavy (non-hydrogen) atoms. The third kappa shape index (κ3) is 3.82. The van der Waals surface area contributed by atoms with Gasteiger partial charge in [0.1, 0.15) is 17.3 Å². The monoisotopic (exact) mass is 418 g/mol. The average Bonchev–Trinajstić information content (AvgIpc) is 3.00. The highest BCUT2D eigenvalue weighted by Gasteiger charge is 2.29. The molecule has 5 nitrogen and oxygen atoms in total. The molecule has 0 unspecified atom stereocenters. The Labute approximate surface area is 182 Å². The first kappa shape index (κ1) is 19.8. The number of halogens is 1. The topological polar surface area (TPSA) is 41.4 Å². The van der Waals surface area contributed by atoms with Crippen LogP contribution in [-0.2, 0) is 13.0 Å². The summed E-state index contributed by atoms with van der Waals surface area (Å²) in [5.41, 5.74) is 3.32. The Morgan fingerprint density at radius 1 is 0.839 bits per heavy atom. The SMILES string of the molecule is O=C(c1nc(-c2ccccc2)n2c1CCCCC2)N1CCN(c2ccccc2F)CC1. The zero-order valence-electron chi connectivity index (χ0n) is 17.6. The Balaban J connectivity index is 1.40. The van der Waals surface area contributed by atoms with Gasteiger partial charge in [0.25, 0.3) is 5.91 Å². The molecule has 2 aliphatic heterocycles. The van der Waals surface area contributed by atoms with Gasteiger partial charge in [-0.15, -0.1) is 0 Å². The average molecular weight is 419 g/mol. The lowest BCUT2D eigenvalue weighted by Gasteiger charge is -2.36. The number of hydrogen-bond acceptors (Lipinski definition) is 3. The highest BCUT2D eigenvalue weighted by Crippen LogP contribution is 2.28. The lowest BCUT2D eigenvalue weighted by Crippen LogP contribution is -2.49. The quantitative estimate of drug-likeness (QED) is 0.634. The maximum absolute atomic E-state index is 14.2. The fourth-order valence-corrected chi connectivity index (χ4v) is 4.71. The number of nitrogens with zero attached hydrogens (tertiary/aromatic N) is 4. The molecule has 6 heteroatoms. The molecule has 2 aromatic carbocycles. The molecule has 1 amide bonds. The van der Waals surface area contributed by atoms with Crippen LogP contribution in [0.25, 0.3) is 11.4 Å². The summed E-state index contributed by atoms with van der Waals surface area (Å²) in [5, 5.41) is 0. The van der Waals surface area contributed by atoms with Crippen LogP contribution < -0.4 is 4.90 Å². The van der Waals surface area contributed by atoms with Gasteiger partial charge in [-0.05, 0) is 31.4 Å². The zero-order chi connectivity index (χ0) is 21.2. The number of piperazine rings is 1. The molecule has 1 aromatic heterocycles. The highest BCUT2D eigenvalue weighted by molar-refractivity contribution is 5.94. The largest absolute Gasteiger partial charge is 0.366 e. The molecular weight excluding hydrogens is 391 g/mol. The van der Waals surface area contributed by atoms with E-state index in [4.69, 9.17) is 4.98 Å². The number of carbonyl (C=O) groups excluding carboxylic acids is 1. The fraction of sp³-hybridized carbons (Fsp3) is 0.360. The van der Waals surface area contributed by atoms with Crippen molar-refractivity contribution >= 4 is 11.6 Å². The van der Waals surface area contributed by atoms with E-state index in [1.54, 1.807) is 12.1 Å². The number of rotatable bonds is 3. The minimum absolute atomic E-state index is 0.000940. The molecule has 1 fully saturated rings. The van der Waals surface area contributed by atoms with Gasteiger partial charge in [-0.1, -0.05) is 48.9 Å². The van der Waals surface area contributed by atoms with Crippen LogP contribution in [0.5, 0.6) is 0 Å². The van der Waals surface area contributed by atoms with Gasteiger partial charge in [-0.2, -0.15) is 0 Å². The van der Waals surface area contributed by atoms with Crippen LogP contribution in [0.3, 0.4) is 0 Å². The van der Waals surface area contributed by atoms with Crippen LogP contribution in [0.1, 0.15) is 35.4 Å². The van der Waals surface area contributed by atoms with Crippen molar-refractivity contribution in [1.82, 2.24) is 14.5 Å². The number of fused-ring (bicyclic) bond motifs is 1. The molecule has 5 rings (SSSR count). The van der Waals surface area contributed by atoms with Crippen LogP contribution in [-0.4, -0.2) is 46.5 Å². The predicted octanol–water partition coefficient (Wildman–Crippen LogP) is 4.38. The number of anilines is 1. The first-order chi connectivity index (χ1) is 15.2. The predicted molar refractivity (Wildman–Crippen MR) is 120 cm³/mol. The van der Waals surface area contributed by atoms with Crippen molar-refractivity contribution in [1.29, 1.82) is 0 Å². The highest BCUT2D eigenvalue weighted by atomic mass is 19.1. The lowest BCUT2D eigenvalue weighted by molar-refractivity contribution is 0.0740. The normalized spacial score (nSPS) is 16.7. The Kier molecular flexibility index (Phi) is 5.45. The number of amides is 1. The molecule has 2 aliphatic rings. The molecule has 0 spiro atoms. The van der Waals surface area contributed by atoms with Crippen molar-refractivity contribution in [2.24, 2.45) is 0 Å². The molecule has 0 radical (unpaired) electrons. The molecule has 1 saturated heterocycles. The number of para-hydroxylation sites is 1. The number of hydrogen-bond donors (Lipinski definition) is 0. The van der Waals surface area contributed by atoms with Crippen LogP contribution >= 0.6 is 0 Å². The molecule has 160 valence electrons. The molecule has 0 aliphatic carbocycles. The van der Waals surface area contributed by atoms with Crippen LogP contribution in [0, 0.1) is 5.82 Å². The molecular formula is C25H27FN4O. The van der Waals surface area contributed by atoms with E-state index in [9.17, 15) is 9.18 Å². The fourth-order valence-electron chi connectivity index (χ4n) is 4.71. The first-order valence-corrected chi connectivity index (χ1v) is 11.2. The second-order valence-electron chi connectivity index (χ2n) is 8.29. The second kappa shape index (κ2) is 8.53. The van der Waals surface area contributed by atoms with Gasteiger partial charge in [-0.25, -0.2) is 9.37 Å². The maximum Gasteiger partial charge on any atom is 0.274 e. The molecule has 0 atom stereocenters. The van der Waals surface area contributed by atoms with Gasteiger partial charge in [-0.3, -0.25) is 4.79 Å². The maximum atomic E-state index is 14.2. The minimum Gasteiger partial charge on any atom is -0.366 e. The second-order valence-corrected chi connectivity index (χ2v) is 8.29. The van der Waals surface area contributed by atoms with Gasteiger partial charge in [0.15, 0.2) is 0 Å². The van der Waals surface area contributed by atoms with Gasteiger partial charge in [0, 0.05) is 38.3 Å². The van der Waals surface area contributed by atoms with Crippen molar-refractivity contribution < 1.29 is 9.18 Å². The lowest BCUT2D eigenvalue weighted by atomic mass is 10.1. The van der Waals surface area contributed by atoms with E-state index in [1.165, 1.54) is 12.5 Å². The summed E-state index contributed by atoms with van der Waals surface area (Å²) in [5.74, 6) is 0.682. The minimum atomic E-state index is -0.214. The van der Waals surface area contributed by atoms with Gasteiger partial charge in [0.2, 0.25) is 0 Å². The van der Waals surface area contributed by atoms with Crippen LogP contribution in [0.4, 0.5) is 10.1 Å². The van der Waals surface area contributed by atoms with E-state index in [-0.39, 0.29) is 11.7 Å². The number of aromatic nitrogens is 2. The van der Waals surface area contributed by atoms with Crippen molar-refractivity contribution in [3.05, 3.63) is 71.8 Å². The molecule has 3 heterocycles. The standard InChI is InChI=1S/C25H27FN4O/c26-20-11-6-7-12-21(20)28-15-17-29(18-16-28)25(31)23-22-13-5-2-8-14-30(22)24(27-23)19-9-3-1-4-10-19/h1,3-4,6-7,9-12H,2,5,8,13-18H2. The summed E-state index contributed by atoms with van der Waals surface area (Å²) in [6, 6.07) is 17.0. The summed E-state index contributed by atoms with van der Waals surface area (Å²) < 4.78 is 16.4. The van der Waals surface area contributed by atoms with E-state index in [0.29, 0.717) is 37.6 Å². The van der Waals surface area contributed by atoms with Crippen molar-refractivity contribution in [2.75, 3.05) is 31.1 Å². The molecule has 0 bridgehead atoms. The van der Waals surface area contributed by atoms with Crippen molar-refractivity contribution in [3.8, 4) is 11.4 Å². The van der Waals surface area contributed by atoms with Crippen LogP contribution in [0.2, 0.25) is 0 Å². The summed E-state index contributed by atoms with van der Waals surface area (Å²) in [6.45, 7) is 3.28. The third-order valence-corrected chi connectivity index (χ3v) is 6.36. The van der Waals surface area contributed by atoms with Gasteiger partial charge < -0.3 is 14.4 Å². The number of carbonyl (C=O) groups is 1. The first-order valence-electron chi connectivity index (χ1n) is 11.2. The van der Waals surface area contributed by atoms with E-state index >= 15 is 0 Å². The Morgan fingerprint density at radius 2 is 1.58 bits per heavy atom. The third-order valence-electron chi connectivity index (χ3n) is 6.36. The summed E-state index contributed by atoms with van der Waals surface area (Å²) in [4.78, 5) is 22.3. The number of benzene rings is 2. The van der Waals surface area contributed by atoms with Crippen molar-refractivity contribution in [2.45, 2.75) is 32.2 Å². The van der Waals surface area contributed by atoms with Gasteiger partial charge >= 0.3 is 0 Å². The Hall–Kier alpha value is -3.15. The van der Waals surface area contributed by atoms with E-state index in [2.05, 4.69) is 16.7 Å². The molecule has 0 saturated carbocycles.